The summed E-state index contributed by atoms with van der Waals surface area (Å²) >= 11 is 2.23. The molecule has 0 bridgehead atoms. The summed E-state index contributed by atoms with van der Waals surface area (Å²) in [6.07, 6.45) is 4.51. The van der Waals surface area contributed by atoms with Crippen LogP contribution in [0.3, 0.4) is 0 Å². The minimum absolute atomic E-state index is 0.0343. The van der Waals surface area contributed by atoms with E-state index < -0.39 is 0 Å². The molecule has 0 spiro atoms. The maximum atomic E-state index is 12.4. The first-order chi connectivity index (χ1) is 8.72. The summed E-state index contributed by atoms with van der Waals surface area (Å²) in [4.78, 5) is 14.3. The van der Waals surface area contributed by atoms with E-state index in [1.807, 2.05) is 29.2 Å². The summed E-state index contributed by atoms with van der Waals surface area (Å²) < 4.78 is 1.12. The minimum atomic E-state index is 0.0343. The van der Waals surface area contributed by atoms with Gasteiger partial charge in [-0.3, -0.25) is 4.79 Å². The Kier molecular flexibility index (Phi) is 5.00. The zero-order valence-corrected chi connectivity index (χ0v) is 12.5. The molecule has 0 radical (unpaired) electrons. The van der Waals surface area contributed by atoms with Crippen molar-refractivity contribution in [3.63, 3.8) is 0 Å². The number of halogens is 1. The molecule has 0 saturated heterocycles. The summed E-state index contributed by atoms with van der Waals surface area (Å²) in [6, 6.07) is 7.93. The van der Waals surface area contributed by atoms with Gasteiger partial charge in [0.1, 0.15) is 0 Å². The molecule has 3 nitrogen and oxygen atoms in total. The van der Waals surface area contributed by atoms with Gasteiger partial charge in [-0.15, -0.1) is 0 Å². The second-order valence-electron chi connectivity index (χ2n) is 4.67. The SMILES string of the molecule is O=C(c1ccc(I)cc1)N(CCO)C1CCCC1. The second-order valence-corrected chi connectivity index (χ2v) is 5.91. The van der Waals surface area contributed by atoms with Crippen LogP contribution in [0.5, 0.6) is 0 Å². The molecule has 1 amide bonds. The molecule has 1 N–H and O–H groups in total. The van der Waals surface area contributed by atoms with E-state index in [1.165, 1.54) is 12.8 Å². The number of hydrogen-bond donors (Lipinski definition) is 1. The molecule has 18 heavy (non-hydrogen) atoms. The van der Waals surface area contributed by atoms with Crippen LogP contribution in [0.15, 0.2) is 24.3 Å². The molecule has 0 atom stereocenters. The van der Waals surface area contributed by atoms with Gasteiger partial charge in [0.15, 0.2) is 0 Å². The molecule has 0 aromatic heterocycles. The largest absolute Gasteiger partial charge is 0.395 e. The summed E-state index contributed by atoms with van der Waals surface area (Å²) in [6.45, 7) is 0.474. The van der Waals surface area contributed by atoms with Gasteiger partial charge in [-0.05, 0) is 59.7 Å². The van der Waals surface area contributed by atoms with E-state index in [0.717, 1.165) is 22.0 Å². The lowest BCUT2D eigenvalue weighted by molar-refractivity contribution is 0.0638. The van der Waals surface area contributed by atoms with Crippen LogP contribution in [-0.2, 0) is 0 Å². The minimum Gasteiger partial charge on any atom is -0.395 e. The van der Waals surface area contributed by atoms with Crippen molar-refractivity contribution in [2.75, 3.05) is 13.2 Å². The number of aliphatic hydroxyl groups is 1. The van der Waals surface area contributed by atoms with Crippen LogP contribution in [0.2, 0.25) is 0 Å². The van der Waals surface area contributed by atoms with Crippen LogP contribution in [0, 0.1) is 3.57 Å². The van der Waals surface area contributed by atoms with E-state index in [0.29, 0.717) is 12.6 Å². The lowest BCUT2D eigenvalue weighted by Gasteiger charge is -2.28. The Morgan fingerprint density at radius 3 is 2.44 bits per heavy atom. The van der Waals surface area contributed by atoms with Gasteiger partial charge in [-0.1, -0.05) is 12.8 Å². The average Bonchev–Trinajstić information content (AvgIpc) is 2.90. The van der Waals surface area contributed by atoms with E-state index in [-0.39, 0.29) is 12.5 Å². The standard InChI is InChI=1S/C14H18INO2/c15-12-7-5-11(6-8-12)14(18)16(9-10-17)13-3-1-2-4-13/h5-8,13,17H,1-4,9-10H2. The number of benzene rings is 1. The normalized spacial score (nSPS) is 15.9. The van der Waals surface area contributed by atoms with Gasteiger partial charge < -0.3 is 10.0 Å². The van der Waals surface area contributed by atoms with Gasteiger partial charge in [-0.2, -0.15) is 0 Å². The smallest absolute Gasteiger partial charge is 0.254 e. The number of aliphatic hydroxyl groups excluding tert-OH is 1. The van der Waals surface area contributed by atoms with Crippen LogP contribution in [0.4, 0.5) is 0 Å². The van der Waals surface area contributed by atoms with E-state index >= 15 is 0 Å². The first-order valence-electron chi connectivity index (χ1n) is 6.40. The van der Waals surface area contributed by atoms with Crippen molar-refractivity contribution in [2.45, 2.75) is 31.7 Å². The summed E-state index contributed by atoms with van der Waals surface area (Å²) in [5.74, 6) is 0.0485. The van der Waals surface area contributed by atoms with Gasteiger partial charge >= 0.3 is 0 Å². The number of nitrogens with zero attached hydrogens (tertiary/aromatic N) is 1. The van der Waals surface area contributed by atoms with Gasteiger partial charge in [-0.25, -0.2) is 0 Å². The number of rotatable bonds is 4. The Hall–Kier alpha value is -0.620. The molecule has 4 heteroatoms. The summed E-state index contributed by atoms with van der Waals surface area (Å²) in [5.41, 5.74) is 0.718. The lowest BCUT2D eigenvalue weighted by atomic mass is 10.1. The highest BCUT2D eigenvalue weighted by Gasteiger charge is 2.26. The monoisotopic (exact) mass is 359 g/mol. The molecule has 1 aromatic carbocycles. The van der Waals surface area contributed by atoms with E-state index in [2.05, 4.69) is 22.6 Å². The first-order valence-corrected chi connectivity index (χ1v) is 7.47. The fourth-order valence-corrected chi connectivity index (χ4v) is 2.89. The predicted molar refractivity (Wildman–Crippen MR) is 79.5 cm³/mol. The molecule has 1 aromatic rings. The zero-order chi connectivity index (χ0) is 13.0. The third kappa shape index (κ3) is 3.23. The quantitative estimate of drug-likeness (QED) is 0.840. The highest BCUT2D eigenvalue weighted by Crippen LogP contribution is 2.24. The van der Waals surface area contributed by atoms with Crippen molar-refractivity contribution in [3.05, 3.63) is 33.4 Å². The van der Waals surface area contributed by atoms with Crippen molar-refractivity contribution in [3.8, 4) is 0 Å². The summed E-state index contributed by atoms with van der Waals surface area (Å²) in [7, 11) is 0. The predicted octanol–water partition coefficient (Wildman–Crippen LogP) is 2.67. The van der Waals surface area contributed by atoms with Crippen LogP contribution < -0.4 is 0 Å². The fourth-order valence-electron chi connectivity index (χ4n) is 2.53. The second kappa shape index (κ2) is 6.52. The molecular formula is C14H18INO2. The molecular weight excluding hydrogens is 341 g/mol. The van der Waals surface area contributed by atoms with Crippen LogP contribution >= 0.6 is 22.6 Å². The van der Waals surface area contributed by atoms with Crippen LogP contribution in [0.1, 0.15) is 36.0 Å². The number of amides is 1. The highest BCUT2D eigenvalue weighted by molar-refractivity contribution is 14.1. The molecule has 0 heterocycles. The van der Waals surface area contributed by atoms with Crippen molar-refractivity contribution in [1.29, 1.82) is 0 Å². The Labute approximate surface area is 121 Å². The van der Waals surface area contributed by atoms with Crippen molar-refractivity contribution in [1.82, 2.24) is 4.90 Å². The molecule has 1 aliphatic carbocycles. The lowest BCUT2D eigenvalue weighted by Crippen LogP contribution is -2.40. The van der Waals surface area contributed by atoms with Crippen LogP contribution in [0.25, 0.3) is 0 Å². The highest BCUT2D eigenvalue weighted by atomic mass is 127. The number of carbonyl (C=O) groups excluding carboxylic acids is 1. The molecule has 98 valence electrons. The molecule has 1 aliphatic rings. The molecule has 0 aliphatic heterocycles. The molecule has 2 rings (SSSR count). The third-order valence-electron chi connectivity index (χ3n) is 3.46. The first kappa shape index (κ1) is 13.8. The Morgan fingerprint density at radius 1 is 1.28 bits per heavy atom. The number of hydrogen-bond acceptors (Lipinski definition) is 2. The van der Waals surface area contributed by atoms with Gasteiger partial charge in [0, 0.05) is 21.7 Å². The van der Waals surface area contributed by atoms with Crippen molar-refractivity contribution in [2.24, 2.45) is 0 Å². The van der Waals surface area contributed by atoms with Crippen LogP contribution in [-0.4, -0.2) is 35.1 Å². The van der Waals surface area contributed by atoms with Crippen molar-refractivity contribution < 1.29 is 9.90 Å². The average molecular weight is 359 g/mol. The Morgan fingerprint density at radius 2 is 1.89 bits per heavy atom. The Balaban J connectivity index is 2.14. The molecule has 1 fully saturated rings. The molecule has 1 saturated carbocycles. The van der Waals surface area contributed by atoms with Crippen molar-refractivity contribution >= 4 is 28.5 Å². The Bertz CT molecular complexity index is 399. The van der Waals surface area contributed by atoms with Gasteiger partial charge in [0.05, 0.1) is 6.61 Å². The third-order valence-corrected chi connectivity index (χ3v) is 4.18. The van der Waals surface area contributed by atoms with E-state index in [9.17, 15) is 4.79 Å². The topological polar surface area (TPSA) is 40.5 Å². The van der Waals surface area contributed by atoms with Gasteiger partial charge in [0.25, 0.3) is 5.91 Å². The summed E-state index contributed by atoms with van der Waals surface area (Å²) in [5, 5.41) is 9.14. The fraction of sp³-hybridized carbons (Fsp3) is 0.500. The number of carbonyl (C=O) groups is 1. The maximum Gasteiger partial charge on any atom is 0.254 e. The molecule has 0 unspecified atom stereocenters. The van der Waals surface area contributed by atoms with E-state index in [1.54, 1.807) is 0 Å². The van der Waals surface area contributed by atoms with Gasteiger partial charge in [0.2, 0.25) is 0 Å². The van der Waals surface area contributed by atoms with E-state index in [4.69, 9.17) is 5.11 Å². The zero-order valence-electron chi connectivity index (χ0n) is 10.3. The maximum absolute atomic E-state index is 12.4.